The number of primary sulfonamides is 2. The first-order valence-electron chi connectivity index (χ1n) is 6.18. The predicted molar refractivity (Wildman–Crippen MR) is 78.8 cm³/mol. The van der Waals surface area contributed by atoms with Gasteiger partial charge in [0.2, 0.25) is 26.5 Å². The smallest absolute Gasteiger partial charge is 0.209 e. The van der Waals surface area contributed by atoms with Crippen LogP contribution in [0, 0.1) is 0 Å². The summed E-state index contributed by atoms with van der Waals surface area (Å²) in [4.78, 5) is 11.4. The van der Waals surface area contributed by atoms with Gasteiger partial charge in [0.05, 0.1) is 11.5 Å². The number of nitrogens with two attached hydrogens (primary N) is 2. The summed E-state index contributed by atoms with van der Waals surface area (Å²) in [6.07, 6.45) is 3.68. The molecule has 0 unspecified atom stereocenters. The predicted octanol–water partition coefficient (Wildman–Crippen LogP) is -0.782. The highest BCUT2D eigenvalue weighted by atomic mass is 32.2. The Balaban J connectivity index is 0. The molecule has 0 saturated heterocycles. The maximum absolute atomic E-state index is 10.4. The van der Waals surface area contributed by atoms with E-state index in [0.29, 0.717) is 25.8 Å². The minimum Gasteiger partial charge on any atom is -0.348 e. The van der Waals surface area contributed by atoms with E-state index in [0.717, 1.165) is 12.8 Å². The molecule has 0 rings (SSSR count). The van der Waals surface area contributed by atoms with Crippen LogP contribution in [0.5, 0.6) is 0 Å². The lowest BCUT2D eigenvalue weighted by Gasteiger charge is -2.08. The van der Waals surface area contributed by atoms with E-state index in [1.54, 1.807) is 7.05 Å². The van der Waals surface area contributed by atoms with Gasteiger partial charge in [-0.3, -0.25) is 4.79 Å². The van der Waals surface area contributed by atoms with E-state index >= 15 is 0 Å². The molecule has 0 radical (unpaired) electrons. The third kappa shape index (κ3) is 22.5. The zero-order valence-corrected chi connectivity index (χ0v) is 13.6. The zero-order chi connectivity index (χ0) is 16.2. The molecule has 10 heteroatoms. The second kappa shape index (κ2) is 11.0. The van der Waals surface area contributed by atoms with Gasteiger partial charge < -0.3 is 4.90 Å². The Bertz CT molecular complexity index is 448. The molecule has 1 amide bonds. The van der Waals surface area contributed by atoms with E-state index in [4.69, 9.17) is 10.3 Å². The molecule has 0 saturated carbocycles. The molecular weight excluding hydrogens is 306 g/mol. The number of hydrogen-bond donors (Lipinski definition) is 2. The molecule has 122 valence electrons. The number of nitrogens with zero attached hydrogens (tertiary/aromatic N) is 1. The summed E-state index contributed by atoms with van der Waals surface area (Å²) >= 11 is 0. The van der Waals surface area contributed by atoms with Crippen molar-refractivity contribution in [3.05, 3.63) is 0 Å². The van der Waals surface area contributed by atoms with Crippen LogP contribution in [0.25, 0.3) is 0 Å². The standard InChI is InChI=1S/C5H12N2O3S.C5H13NO2S/c1-7(5-8)3-2-4-11(6,9)10;1-2-3-4-5-9(6,7)8/h5H,2-4H2,1H3,(H2,6,9,10);2-5H2,1H3,(H2,6,7,8). The van der Waals surface area contributed by atoms with Crippen molar-refractivity contribution in [2.45, 2.75) is 32.6 Å². The summed E-state index contributed by atoms with van der Waals surface area (Å²) < 4.78 is 41.3. The second-order valence-corrected chi connectivity index (χ2v) is 7.85. The second-order valence-electron chi connectivity index (χ2n) is 4.38. The lowest BCUT2D eigenvalue weighted by molar-refractivity contribution is -0.117. The number of rotatable bonds is 9. The van der Waals surface area contributed by atoms with Gasteiger partial charge in [0.15, 0.2) is 0 Å². The van der Waals surface area contributed by atoms with E-state index in [1.165, 1.54) is 4.90 Å². The van der Waals surface area contributed by atoms with Crippen molar-refractivity contribution >= 4 is 26.5 Å². The van der Waals surface area contributed by atoms with Crippen LogP contribution in [0.1, 0.15) is 32.6 Å². The van der Waals surface area contributed by atoms with Gasteiger partial charge in [0.25, 0.3) is 0 Å². The normalized spacial score (nSPS) is 11.4. The van der Waals surface area contributed by atoms with E-state index in [-0.39, 0.29) is 11.5 Å². The summed E-state index contributed by atoms with van der Waals surface area (Å²) in [5, 5.41) is 9.48. The van der Waals surface area contributed by atoms with Gasteiger partial charge in [0, 0.05) is 13.6 Å². The third-order valence-corrected chi connectivity index (χ3v) is 3.87. The molecule has 0 aliphatic heterocycles. The fourth-order valence-corrected chi connectivity index (χ4v) is 2.26. The van der Waals surface area contributed by atoms with Crippen molar-refractivity contribution < 1.29 is 21.6 Å². The molecule has 4 N–H and O–H groups in total. The lowest BCUT2D eigenvalue weighted by Crippen LogP contribution is -2.23. The fourth-order valence-electron chi connectivity index (χ4n) is 1.12. The van der Waals surface area contributed by atoms with Crippen molar-refractivity contribution in [2.24, 2.45) is 10.3 Å². The molecule has 0 aliphatic carbocycles. The Morgan fingerprint density at radius 1 is 0.950 bits per heavy atom. The Hall–Kier alpha value is -0.710. The highest BCUT2D eigenvalue weighted by molar-refractivity contribution is 7.89. The van der Waals surface area contributed by atoms with Crippen LogP contribution >= 0.6 is 0 Å². The molecule has 0 aromatic heterocycles. The van der Waals surface area contributed by atoms with Crippen molar-refractivity contribution in [3.8, 4) is 0 Å². The maximum Gasteiger partial charge on any atom is 0.209 e. The Labute approximate surface area is 121 Å². The molecule has 20 heavy (non-hydrogen) atoms. The highest BCUT2D eigenvalue weighted by Crippen LogP contribution is 1.94. The SMILES string of the molecule is CCCCCS(N)(=O)=O.CN(C=O)CCCS(N)(=O)=O. The zero-order valence-electron chi connectivity index (χ0n) is 12.0. The number of unbranched alkanes of at least 4 members (excludes halogenated alkanes) is 2. The summed E-state index contributed by atoms with van der Waals surface area (Å²) in [6.45, 7) is 2.43. The van der Waals surface area contributed by atoms with E-state index in [1.807, 2.05) is 6.92 Å². The molecule has 0 aromatic carbocycles. The molecule has 8 nitrogen and oxygen atoms in total. The van der Waals surface area contributed by atoms with Crippen molar-refractivity contribution in [1.29, 1.82) is 0 Å². The largest absolute Gasteiger partial charge is 0.348 e. The Kier molecular flexibility index (Phi) is 11.9. The third-order valence-electron chi connectivity index (χ3n) is 2.15. The first-order chi connectivity index (χ1) is 9.02. The van der Waals surface area contributed by atoms with Crippen LogP contribution in [-0.4, -0.2) is 53.2 Å². The van der Waals surface area contributed by atoms with E-state index in [2.05, 4.69) is 0 Å². The van der Waals surface area contributed by atoms with Crippen LogP contribution in [0.2, 0.25) is 0 Å². The Morgan fingerprint density at radius 2 is 1.40 bits per heavy atom. The topological polar surface area (TPSA) is 141 Å². The van der Waals surface area contributed by atoms with Crippen LogP contribution in [0.4, 0.5) is 0 Å². The van der Waals surface area contributed by atoms with Crippen LogP contribution in [0.15, 0.2) is 0 Å². The molecule has 0 aliphatic rings. The van der Waals surface area contributed by atoms with E-state index in [9.17, 15) is 21.6 Å². The monoisotopic (exact) mass is 331 g/mol. The maximum atomic E-state index is 10.4. The quantitative estimate of drug-likeness (QED) is 0.421. The number of hydrogen-bond acceptors (Lipinski definition) is 5. The molecule has 0 spiro atoms. The minimum atomic E-state index is -3.37. The molecule has 0 bridgehead atoms. The summed E-state index contributed by atoms with van der Waals surface area (Å²) in [7, 11) is -4.99. The molecular formula is C10H25N3O5S2. The number of carbonyl (C=O) groups is 1. The van der Waals surface area contributed by atoms with Gasteiger partial charge in [-0.25, -0.2) is 27.1 Å². The number of sulfonamides is 2. The van der Waals surface area contributed by atoms with Gasteiger partial charge >= 0.3 is 0 Å². The molecule has 0 fully saturated rings. The minimum absolute atomic E-state index is 0.0782. The van der Waals surface area contributed by atoms with Gasteiger partial charge in [0.1, 0.15) is 0 Å². The fraction of sp³-hybridized carbons (Fsp3) is 0.900. The number of carbonyl (C=O) groups excluding carboxylic acids is 1. The van der Waals surface area contributed by atoms with Crippen LogP contribution in [0.3, 0.4) is 0 Å². The molecule has 0 heterocycles. The first-order valence-corrected chi connectivity index (χ1v) is 9.61. The van der Waals surface area contributed by atoms with E-state index < -0.39 is 20.0 Å². The lowest BCUT2D eigenvalue weighted by atomic mass is 10.3. The van der Waals surface area contributed by atoms with Crippen LogP contribution in [-0.2, 0) is 24.8 Å². The first kappa shape index (κ1) is 21.6. The van der Waals surface area contributed by atoms with Crippen LogP contribution < -0.4 is 10.3 Å². The van der Waals surface area contributed by atoms with Crippen molar-refractivity contribution in [1.82, 2.24) is 4.90 Å². The molecule has 0 aromatic rings. The summed E-state index contributed by atoms with van der Waals surface area (Å²) in [6, 6.07) is 0. The average Bonchev–Trinajstić information content (AvgIpc) is 2.26. The van der Waals surface area contributed by atoms with Gasteiger partial charge in [-0.1, -0.05) is 19.8 Å². The van der Waals surface area contributed by atoms with Crippen molar-refractivity contribution in [2.75, 3.05) is 25.1 Å². The summed E-state index contributed by atoms with van der Waals surface area (Å²) in [5.41, 5.74) is 0. The van der Waals surface area contributed by atoms with Gasteiger partial charge in [-0.05, 0) is 12.8 Å². The van der Waals surface area contributed by atoms with Crippen molar-refractivity contribution in [3.63, 3.8) is 0 Å². The molecule has 0 atom stereocenters. The number of amides is 1. The highest BCUT2D eigenvalue weighted by Gasteiger charge is 2.02. The summed E-state index contributed by atoms with van der Waals surface area (Å²) in [5.74, 6) is 0.0476. The Morgan fingerprint density at radius 3 is 1.75 bits per heavy atom. The van der Waals surface area contributed by atoms with Gasteiger partial charge in [-0.2, -0.15) is 0 Å². The average molecular weight is 331 g/mol. The van der Waals surface area contributed by atoms with Gasteiger partial charge in [-0.15, -0.1) is 0 Å².